The first-order valence-electron chi connectivity index (χ1n) is 5.53. The Balaban J connectivity index is 2.69. The molecule has 1 heterocycles. The van der Waals surface area contributed by atoms with E-state index in [2.05, 4.69) is 6.92 Å². The van der Waals surface area contributed by atoms with E-state index in [9.17, 15) is 9.90 Å². The summed E-state index contributed by atoms with van der Waals surface area (Å²) < 4.78 is 5.09. The lowest BCUT2D eigenvalue weighted by atomic mass is 9.96. The number of carboxylic acids is 1. The first-order chi connectivity index (χ1) is 7.47. The summed E-state index contributed by atoms with van der Waals surface area (Å²) in [5.74, 6) is -0.928. The quantitative estimate of drug-likeness (QED) is 0.732. The van der Waals surface area contributed by atoms with E-state index in [1.807, 2.05) is 0 Å². The SMILES string of the molecule is CCCCCC(C)(O)c1ccc(C(=O)O)o1. The number of aromatic carboxylic acids is 1. The lowest BCUT2D eigenvalue weighted by Gasteiger charge is -2.20. The summed E-state index contributed by atoms with van der Waals surface area (Å²) in [7, 11) is 0. The van der Waals surface area contributed by atoms with Crippen LogP contribution in [0, 0.1) is 0 Å². The molecule has 0 spiro atoms. The van der Waals surface area contributed by atoms with Crippen LogP contribution in [0.3, 0.4) is 0 Å². The molecule has 1 aromatic rings. The molecule has 16 heavy (non-hydrogen) atoms. The standard InChI is InChI=1S/C12H18O4/c1-3-4-5-8-12(2,15)10-7-6-9(16-10)11(13)14/h6-7,15H,3-5,8H2,1-2H3,(H,13,14). The molecule has 4 nitrogen and oxygen atoms in total. The second kappa shape index (κ2) is 5.16. The van der Waals surface area contributed by atoms with Gasteiger partial charge in [0.1, 0.15) is 11.4 Å². The lowest BCUT2D eigenvalue weighted by Crippen LogP contribution is -2.20. The minimum Gasteiger partial charge on any atom is -0.475 e. The smallest absolute Gasteiger partial charge is 0.371 e. The van der Waals surface area contributed by atoms with E-state index >= 15 is 0 Å². The summed E-state index contributed by atoms with van der Waals surface area (Å²) in [6, 6.07) is 2.89. The van der Waals surface area contributed by atoms with Gasteiger partial charge in [-0.25, -0.2) is 4.79 Å². The van der Waals surface area contributed by atoms with Gasteiger partial charge in [-0.15, -0.1) is 0 Å². The van der Waals surface area contributed by atoms with Crippen molar-refractivity contribution in [3.05, 3.63) is 23.7 Å². The Bertz CT molecular complexity index is 352. The van der Waals surface area contributed by atoms with Gasteiger partial charge in [-0.05, 0) is 25.5 Å². The molecule has 0 amide bonds. The van der Waals surface area contributed by atoms with Crippen molar-refractivity contribution in [2.24, 2.45) is 0 Å². The summed E-state index contributed by atoms with van der Waals surface area (Å²) in [5.41, 5.74) is -1.08. The maximum atomic E-state index is 10.6. The molecule has 1 rings (SSSR count). The molecular formula is C12H18O4. The van der Waals surface area contributed by atoms with Gasteiger partial charge in [-0.2, -0.15) is 0 Å². The van der Waals surface area contributed by atoms with Crippen molar-refractivity contribution < 1.29 is 19.4 Å². The molecule has 1 unspecified atom stereocenters. The summed E-state index contributed by atoms with van der Waals surface area (Å²) in [6.07, 6.45) is 3.59. The molecule has 90 valence electrons. The largest absolute Gasteiger partial charge is 0.475 e. The maximum Gasteiger partial charge on any atom is 0.371 e. The van der Waals surface area contributed by atoms with Crippen molar-refractivity contribution in [2.75, 3.05) is 0 Å². The van der Waals surface area contributed by atoms with E-state index in [1.165, 1.54) is 12.1 Å². The van der Waals surface area contributed by atoms with E-state index in [4.69, 9.17) is 9.52 Å². The van der Waals surface area contributed by atoms with E-state index in [-0.39, 0.29) is 5.76 Å². The average Bonchev–Trinajstić information content (AvgIpc) is 2.67. The summed E-state index contributed by atoms with van der Waals surface area (Å²) >= 11 is 0. The number of rotatable bonds is 6. The third kappa shape index (κ3) is 3.10. The van der Waals surface area contributed by atoms with Crippen molar-refractivity contribution in [2.45, 2.75) is 45.1 Å². The van der Waals surface area contributed by atoms with Crippen LogP contribution in [0.2, 0.25) is 0 Å². The lowest BCUT2D eigenvalue weighted by molar-refractivity contribution is 0.0208. The highest BCUT2D eigenvalue weighted by Crippen LogP contribution is 2.28. The van der Waals surface area contributed by atoms with Gasteiger partial charge in [0.15, 0.2) is 0 Å². The molecule has 0 bridgehead atoms. The van der Waals surface area contributed by atoms with Gasteiger partial charge >= 0.3 is 5.97 Å². The predicted molar refractivity (Wildman–Crippen MR) is 59.4 cm³/mol. The highest BCUT2D eigenvalue weighted by Gasteiger charge is 2.27. The van der Waals surface area contributed by atoms with Gasteiger partial charge in [-0.3, -0.25) is 0 Å². The Morgan fingerprint density at radius 3 is 2.62 bits per heavy atom. The van der Waals surface area contributed by atoms with Gasteiger partial charge in [0.2, 0.25) is 5.76 Å². The molecule has 0 aromatic carbocycles. The van der Waals surface area contributed by atoms with Gasteiger partial charge in [0.05, 0.1) is 0 Å². The number of carboxylic acid groups (broad SMARTS) is 1. The van der Waals surface area contributed by atoms with Crippen LogP contribution in [-0.4, -0.2) is 16.2 Å². The van der Waals surface area contributed by atoms with Crippen LogP contribution in [0.25, 0.3) is 0 Å². The molecule has 0 aliphatic heterocycles. The first-order valence-corrected chi connectivity index (χ1v) is 5.53. The molecule has 0 fully saturated rings. The van der Waals surface area contributed by atoms with E-state index in [0.717, 1.165) is 19.3 Å². The predicted octanol–water partition coefficient (Wildman–Crippen LogP) is 2.77. The van der Waals surface area contributed by atoms with Crippen LogP contribution in [0.15, 0.2) is 16.5 Å². The summed E-state index contributed by atoms with van der Waals surface area (Å²) in [4.78, 5) is 10.6. The number of aliphatic hydroxyl groups is 1. The van der Waals surface area contributed by atoms with Crippen LogP contribution in [0.1, 0.15) is 55.8 Å². The van der Waals surface area contributed by atoms with Crippen molar-refractivity contribution in [3.63, 3.8) is 0 Å². The highest BCUT2D eigenvalue weighted by molar-refractivity contribution is 5.84. The van der Waals surface area contributed by atoms with E-state index in [0.29, 0.717) is 12.2 Å². The minimum atomic E-state index is -1.12. The Kier molecular flexibility index (Phi) is 4.12. The van der Waals surface area contributed by atoms with Crippen molar-refractivity contribution in [1.29, 1.82) is 0 Å². The summed E-state index contributed by atoms with van der Waals surface area (Å²) in [5, 5.41) is 18.8. The molecule has 2 N–H and O–H groups in total. The number of hydrogen-bond donors (Lipinski definition) is 2. The molecule has 0 saturated carbocycles. The molecule has 0 saturated heterocycles. The number of furan rings is 1. The molecule has 0 aliphatic carbocycles. The van der Waals surface area contributed by atoms with Gasteiger partial charge in [0, 0.05) is 0 Å². The van der Waals surface area contributed by atoms with Crippen molar-refractivity contribution in [3.8, 4) is 0 Å². The highest BCUT2D eigenvalue weighted by atomic mass is 16.4. The van der Waals surface area contributed by atoms with Crippen LogP contribution < -0.4 is 0 Å². The third-order valence-electron chi connectivity index (χ3n) is 2.61. The minimum absolute atomic E-state index is 0.134. The van der Waals surface area contributed by atoms with Crippen molar-refractivity contribution in [1.82, 2.24) is 0 Å². The Hall–Kier alpha value is -1.29. The van der Waals surface area contributed by atoms with Crippen LogP contribution in [-0.2, 0) is 5.60 Å². The topological polar surface area (TPSA) is 70.7 Å². The fourth-order valence-corrected chi connectivity index (χ4v) is 1.58. The fourth-order valence-electron chi connectivity index (χ4n) is 1.58. The Morgan fingerprint density at radius 1 is 1.44 bits per heavy atom. The monoisotopic (exact) mass is 226 g/mol. The molecule has 1 atom stereocenters. The fraction of sp³-hybridized carbons (Fsp3) is 0.583. The Morgan fingerprint density at radius 2 is 2.12 bits per heavy atom. The van der Waals surface area contributed by atoms with Crippen LogP contribution in [0.4, 0.5) is 0 Å². The van der Waals surface area contributed by atoms with Gasteiger partial charge < -0.3 is 14.6 Å². The van der Waals surface area contributed by atoms with Crippen LogP contribution in [0.5, 0.6) is 0 Å². The average molecular weight is 226 g/mol. The summed E-state index contributed by atoms with van der Waals surface area (Å²) in [6.45, 7) is 3.73. The molecule has 1 aromatic heterocycles. The first kappa shape index (κ1) is 12.8. The van der Waals surface area contributed by atoms with Gasteiger partial charge in [-0.1, -0.05) is 26.2 Å². The Labute approximate surface area is 94.9 Å². The third-order valence-corrected chi connectivity index (χ3v) is 2.61. The maximum absolute atomic E-state index is 10.6. The number of carbonyl (C=O) groups is 1. The van der Waals surface area contributed by atoms with E-state index in [1.54, 1.807) is 6.92 Å². The van der Waals surface area contributed by atoms with Gasteiger partial charge in [0.25, 0.3) is 0 Å². The molecule has 0 radical (unpaired) electrons. The zero-order valence-corrected chi connectivity index (χ0v) is 9.69. The molecular weight excluding hydrogens is 208 g/mol. The molecule has 0 aliphatic rings. The second-order valence-electron chi connectivity index (χ2n) is 4.20. The second-order valence-corrected chi connectivity index (χ2v) is 4.20. The number of hydrogen-bond acceptors (Lipinski definition) is 3. The zero-order chi connectivity index (χ0) is 12.2. The van der Waals surface area contributed by atoms with E-state index < -0.39 is 11.6 Å². The normalized spacial score (nSPS) is 14.7. The van der Waals surface area contributed by atoms with Crippen molar-refractivity contribution >= 4 is 5.97 Å². The number of unbranched alkanes of at least 4 members (excludes halogenated alkanes) is 2. The molecule has 4 heteroatoms. The van der Waals surface area contributed by atoms with Crippen LogP contribution >= 0.6 is 0 Å². The zero-order valence-electron chi connectivity index (χ0n) is 9.69.